The van der Waals surface area contributed by atoms with Crippen LogP contribution in [0.1, 0.15) is 21.1 Å². The van der Waals surface area contributed by atoms with Crippen LogP contribution in [0, 0.1) is 6.92 Å². The van der Waals surface area contributed by atoms with Crippen molar-refractivity contribution in [3.05, 3.63) is 75.2 Å². The summed E-state index contributed by atoms with van der Waals surface area (Å²) in [4.78, 5) is 21.6. The van der Waals surface area contributed by atoms with Crippen molar-refractivity contribution in [2.45, 2.75) is 13.5 Å². The standard InChI is InChI=1S/C24H26ClN3O3S/c1-18-26-21(17-32-18)16-31-23-4-2-3-19(15-23)24(29)28-11-9-27(10-12-28)13-14-30-22-7-5-20(25)6-8-22/h2-8,15,17H,9-14,16H2,1H3. The van der Waals surface area contributed by atoms with Gasteiger partial charge < -0.3 is 14.4 Å². The summed E-state index contributed by atoms with van der Waals surface area (Å²) in [5.74, 6) is 1.53. The van der Waals surface area contributed by atoms with Crippen molar-refractivity contribution in [3.8, 4) is 11.5 Å². The van der Waals surface area contributed by atoms with Crippen molar-refractivity contribution in [3.63, 3.8) is 0 Å². The van der Waals surface area contributed by atoms with E-state index in [0.717, 1.165) is 36.1 Å². The van der Waals surface area contributed by atoms with Gasteiger partial charge in [-0.25, -0.2) is 4.98 Å². The van der Waals surface area contributed by atoms with Crippen molar-refractivity contribution >= 4 is 28.8 Å². The predicted molar refractivity (Wildman–Crippen MR) is 127 cm³/mol. The third-order valence-corrected chi connectivity index (χ3v) is 6.36. The number of ether oxygens (including phenoxy) is 2. The van der Waals surface area contributed by atoms with Crippen LogP contribution < -0.4 is 9.47 Å². The first kappa shape index (κ1) is 22.6. The number of halogens is 1. The predicted octanol–water partition coefficient (Wildman–Crippen LogP) is 4.52. The van der Waals surface area contributed by atoms with E-state index in [1.807, 2.05) is 65.7 Å². The Morgan fingerprint density at radius 2 is 1.84 bits per heavy atom. The molecule has 4 rings (SSSR count). The zero-order chi connectivity index (χ0) is 22.3. The zero-order valence-corrected chi connectivity index (χ0v) is 19.6. The molecule has 0 bridgehead atoms. The van der Waals surface area contributed by atoms with Crippen molar-refractivity contribution in [2.24, 2.45) is 0 Å². The molecule has 2 heterocycles. The Morgan fingerprint density at radius 3 is 2.56 bits per heavy atom. The molecule has 0 N–H and O–H groups in total. The minimum absolute atomic E-state index is 0.0389. The molecule has 0 spiro atoms. The van der Waals surface area contributed by atoms with Crippen LogP contribution in [0.5, 0.6) is 11.5 Å². The third-order valence-electron chi connectivity index (χ3n) is 5.28. The number of amides is 1. The van der Waals surface area contributed by atoms with E-state index in [-0.39, 0.29) is 5.91 Å². The van der Waals surface area contributed by atoms with Crippen molar-refractivity contribution in [1.29, 1.82) is 0 Å². The lowest BCUT2D eigenvalue weighted by Gasteiger charge is -2.34. The van der Waals surface area contributed by atoms with Gasteiger partial charge in [0, 0.05) is 48.7 Å². The highest BCUT2D eigenvalue weighted by Crippen LogP contribution is 2.19. The smallest absolute Gasteiger partial charge is 0.254 e. The Bertz CT molecular complexity index is 1030. The van der Waals surface area contributed by atoms with Crippen LogP contribution in [0.3, 0.4) is 0 Å². The maximum atomic E-state index is 13.0. The van der Waals surface area contributed by atoms with E-state index < -0.39 is 0 Å². The largest absolute Gasteiger partial charge is 0.492 e. The van der Waals surface area contributed by atoms with E-state index in [4.69, 9.17) is 21.1 Å². The van der Waals surface area contributed by atoms with E-state index in [2.05, 4.69) is 9.88 Å². The molecule has 1 aromatic heterocycles. The van der Waals surface area contributed by atoms with Crippen LogP contribution >= 0.6 is 22.9 Å². The highest BCUT2D eigenvalue weighted by molar-refractivity contribution is 7.09. The third kappa shape index (κ3) is 6.22. The topological polar surface area (TPSA) is 54.9 Å². The van der Waals surface area contributed by atoms with Gasteiger partial charge in [-0.2, -0.15) is 0 Å². The van der Waals surface area contributed by atoms with Gasteiger partial charge in [0.05, 0.1) is 10.7 Å². The molecule has 0 radical (unpaired) electrons. The summed E-state index contributed by atoms with van der Waals surface area (Å²) in [6.45, 7) is 6.85. The molecule has 1 amide bonds. The Hall–Kier alpha value is -2.61. The molecule has 32 heavy (non-hydrogen) atoms. The Morgan fingerprint density at radius 1 is 1.06 bits per heavy atom. The summed E-state index contributed by atoms with van der Waals surface area (Å²) in [5.41, 5.74) is 1.55. The number of hydrogen-bond donors (Lipinski definition) is 0. The lowest BCUT2D eigenvalue weighted by molar-refractivity contribution is 0.0620. The number of carbonyl (C=O) groups excluding carboxylic acids is 1. The monoisotopic (exact) mass is 471 g/mol. The lowest BCUT2D eigenvalue weighted by atomic mass is 10.1. The molecule has 8 heteroatoms. The number of hydrogen-bond acceptors (Lipinski definition) is 6. The van der Waals surface area contributed by atoms with E-state index in [1.54, 1.807) is 11.3 Å². The van der Waals surface area contributed by atoms with Crippen LogP contribution in [0.15, 0.2) is 53.9 Å². The van der Waals surface area contributed by atoms with Crippen LogP contribution in [-0.2, 0) is 6.61 Å². The molecule has 3 aromatic rings. The van der Waals surface area contributed by atoms with Crippen molar-refractivity contribution in [2.75, 3.05) is 39.3 Å². The number of piperazine rings is 1. The van der Waals surface area contributed by atoms with Crippen LogP contribution in [-0.4, -0.2) is 60.0 Å². The first-order valence-electron chi connectivity index (χ1n) is 10.6. The van der Waals surface area contributed by atoms with Crippen LogP contribution in [0.4, 0.5) is 0 Å². The zero-order valence-electron chi connectivity index (χ0n) is 18.0. The molecule has 0 saturated carbocycles. The maximum Gasteiger partial charge on any atom is 0.254 e. The number of rotatable bonds is 8. The summed E-state index contributed by atoms with van der Waals surface area (Å²) in [6, 6.07) is 14.8. The molecule has 1 aliphatic heterocycles. The van der Waals surface area contributed by atoms with E-state index in [1.165, 1.54) is 0 Å². The summed E-state index contributed by atoms with van der Waals surface area (Å²) in [6.07, 6.45) is 0. The fourth-order valence-corrected chi connectivity index (χ4v) is 4.25. The summed E-state index contributed by atoms with van der Waals surface area (Å²) in [7, 11) is 0. The molecule has 0 aliphatic carbocycles. The van der Waals surface area contributed by atoms with Crippen LogP contribution in [0.2, 0.25) is 5.02 Å². The molecule has 0 atom stereocenters. The Labute approximate surface area is 197 Å². The molecule has 168 valence electrons. The fourth-order valence-electron chi connectivity index (χ4n) is 3.53. The van der Waals surface area contributed by atoms with Gasteiger partial charge in [0.25, 0.3) is 5.91 Å². The number of aryl methyl sites for hydroxylation is 1. The van der Waals surface area contributed by atoms with Gasteiger partial charge in [-0.3, -0.25) is 9.69 Å². The van der Waals surface area contributed by atoms with Gasteiger partial charge in [-0.15, -0.1) is 11.3 Å². The molecule has 0 unspecified atom stereocenters. The number of thiazole rings is 1. The quantitative estimate of drug-likeness (QED) is 0.483. The van der Waals surface area contributed by atoms with Gasteiger partial charge in [0.1, 0.15) is 24.7 Å². The molecular formula is C24H26ClN3O3S. The number of benzene rings is 2. The summed E-state index contributed by atoms with van der Waals surface area (Å²) < 4.78 is 11.6. The number of nitrogens with zero attached hydrogens (tertiary/aromatic N) is 3. The van der Waals surface area contributed by atoms with E-state index >= 15 is 0 Å². The first-order valence-corrected chi connectivity index (χ1v) is 11.9. The molecule has 2 aromatic carbocycles. The highest BCUT2D eigenvalue weighted by atomic mass is 35.5. The Balaban J connectivity index is 1.22. The second-order valence-electron chi connectivity index (χ2n) is 7.61. The molecule has 1 fully saturated rings. The fraction of sp³-hybridized carbons (Fsp3) is 0.333. The van der Waals surface area contributed by atoms with Crippen molar-refractivity contribution in [1.82, 2.24) is 14.8 Å². The normalized spacial score (nSPS) is 14.4. The second kappa shape index (κ2) is 10.8. The average molecular weight is 472 g/mol. The van der Waals surface area contributed by atoms with Gasteiger partial charge in [0.2, 0.25) is 0 Å². The second-order valence-corrected chi connectivity index (χ2v) is 9.11. The van der Waals surface area contributed by atoms with Gasteiger partial charge in [-0.05, 0) is 49.4 Å². The van der Waals surface area contributed by atoms with Crippen molar-refractivity contribution < 1.29 is 14.3 Å². The SMILES string of the molecule is Cc1nc(COc2cccc(C(=O)N3CCN(CCOc4ccc(Cl)cc4)CC3)c2)cs1. The van der Waals surface area contributed by atoms with Gasteiger partial charge in [0.15, 0.2) is 0 Å². The first-order chi connectivity index (χ1) is 15.6. The minimum Gasteiger partial charge on any atom is -0.492 e. The molecule has 1 aliphatic rings. The van der Waals surface area contributed by atoms with Gasteiger partial charge >= 0.3 is 0 Å². The number of aromatic nitrogens is 1. The highest BCUT2D eigenvalue weighted by Gasteiger charge is 2.22. The average Bonchev–Trinajstić information content (AvgIpc) is 3.24. The van der Waals surface area contributed by atoms with E-state index in [0.29, 0.717) is 42.6 Å². The lowest BCUT2D eigenvalue weighted by Crippen LogP contribution is -2.49. The molecule has 6 nitrogen and oxygen atoms in total. The van der Waals surface area contributed by atoms with E-state index in [9.17, 15) is 4.79 Å². The summed E-state index contributed by atoms with van der Waals surface area (Å²) in [5, 5.41) is 3.71. The summed E-state index contributed by atoms with van der Waals surface area (Å²) >= 11 is 7.50. The van der Waals surface area contributed by atoms with Gasteiger partial charge in [-0.1, -0.05) is 17.7 Å². The molecular weight excluding hydrogens is 446 g/mol. The van der Waals surface area contributed by atoms with Crippen LogP contribution in [0.25, 0.3) is 0 Å². The maximum absolute atomic E-state index is 13.0. The minimum atomic E-state index is 0.0389. The Kier molecular flexibility index (Phi) is 7.63. The number of carbonyl (C=O) groups is 1. The molecule has 1 saturated heterocycles.